The van der Waals surface area contributed by atoms with Crippen LogP contribution in [0.2, 0.25) is 10.0 Å². The number of rotatable bonds is 6. The molecule has 0 saturated carbocycles. The maximum absolute atomic E-state index is 14.1. The van der Waals surface area contributed by atoms with Crippen LogP contribution < -0.4 is 9.80 Å². The summed E-state index contributed by atoms with van der Waals surface area (Å²) in [5.41, 5.74) is 1.59. The molecule has 12 heteroatoms. The van der Waals surface area contributed by atoms with E-state index in [0.717, 1.165) is 0 Å². The van der Waals surface area contributed by atoms with Crippen molar-refractivity contribution in [3.63, 3.8) is 0 Å². The van der Waals surface area contributed by atoms with E-state index in [-0.39, 0.29) is 32.5 Å². The lowest BCUT2D eigenvalue weighted by molar-refractivity contribution is -0.384. The SMILES string of the molecule is C[C@@H]1C[C@@H](N(C(=O)c2ccc([N+](=O)[O-])c(Cl)c2)c2ccccc2)c2ccccc2N1C(=O)c1ccc([N+](=O)[O-])c(Cl)c1. The topological polar surface area (TPSA) is 127 Å². The second-order valence-electron chi connectivity index (χ2n) is 9.69. The van der Waals surface area contributed by atoms with E-state index in [1.54, 1.807) is 46.2 Å². The van der Waals surface area contributed by atoms with E-state index in [2.05, 4.69) is 0 Å². The number of nitrogens with zero attached hydrogens (tertiary/aromatic N) is 4. The summed E-state index contributed by atoms with van der Waals surface area (Å²) in [5.74, 6) is -0.822. The number of hydrogen-bond acceptors (Lipinski definition) is 6. The van der Waals surface area contributed by atoms with Gasteiger partial charge in [-0.05, 0) is 61.4 Å². The molecule has 42 heavy (non-hydrogen) atoms. The number of fused-ring (bicyclic) bond motifs is 1. The molecule has 0 N–H and O–H groups in total. The van der Waals surface area contributed by atoms with Crippen molar-refractivity contribution in [2.24, 2.45) is 0 Å². The van der Waals surface area contributed by atoms with Crippen LogP contribution in [0.1, 0.15) is 45.7 Å². The number of carbonyl (C=O) groups is 2. The zero-order valence-electron chi connectivity index (χ0n) is 22.0. The van der Waals surface area contributed by atoms with Crippen molar-refractivity contribution < 1.29 is 19.4 Å². The van der Waals surface area contributed by atoms with Gasteiger partial charge in [-0.3, -0.25) is 29.8 Å². The molecule has 212 valence electrons. The van der Waals surface area contributed by atoms with Gasteiger partial charge in [-0.2, -0.15) is 0 Å². The lowest BCUT2D eigenvalue weighted by atomic mass is 9.89. The number of amides is 2. The van der Waals surface area contributed by atoms with E-state index in [1.807, 2.05) is 25.1 Å². The summed E-state index contributed by atoms with van der Waals surface area (Å²) in [6.45, 7) is 1.85. The van der Waals surface area contributed by atoms with Crippen LogP contribution in [-0.2, 0) is 0 Å². The third-order valence-corrected chi connectivity index (χ3v) is 7.73. The van der Waals surface area contributed by atoms with Crippen LogP contribution >= 0.6 is 23.2 Å². The first-order valence-corrected chi connectivity index (χ1v) is 13.5. The van der Waals surface area contributed by atoms with E-state index < -0.39 is 33.7 Å². The zero-order chi connectivity index (χ0) is 30.1. The highest BCUT2D eigenvalue weighted by molar-refractivity contribution is 6.33. The smallest absolute Gasteiger partial charge is 0.287 e. The van der Waals surface area contributed by atoms with Crippen molar-refractivity contribution in [2.75, 3.05) is 9.80 Å². The Kier molecular flexibility index (Phi) is 7.93. The van der Waals surface area contributed by atoms with Gasteiger partial charge in [0.25, 0.3) is 23.2 Å². The van der Waals surface area contributed by atoms with Gasteiger partial charge in [-0.25, -0.2) is 0 Å². The van der Waals surface area contributed by atoms with E-state index >= 15 is 0 Å². The van der Waals surface area contributed by atoms with Gasteiger partial charge in [0.05, 0.1) is 15.9 Å². The van der Waals surface area contributed by atoms with Crippen molar-refractivity contribution >= 4 is 57.8 Å². The molecule has 0 unspecified atom stereocenters. The van der Waals surface area contributed by atoms with Crippen molar-refractivity contribution in [3.8, 4) is 0 Å². The van der Waals surface area contributed by atoms with Crippen LogP contribution in [0, 0.1) is 20.2 Å². The molecule has 0 spiro atoms. The van der Waals surface area contributed by atoms with Gasteiger partial charge in [0.1, 0.15) is 10.0 Å². The molecular weight excluding hydrogens is 583 g/mol. The summed E-state index contributed by atoms with van der Waals surface area (Å²) in [5, 5.41) is 22.2. The van der Waals surface area contributed by atoms with E-state index in [9.17, 15) is 29.8 Å². The Hall–Kier alpha value is -4.80. The van der Waals surface area contributed by atoms with Gasteiger partial charge in [0, 0.05) is 40.7 Å². The lowest BCUT2D eigenvalue weighted by Gasteiger charge is -2.43. The van der Waals surface area contributed by atoms with E-state index in [1.165, 1.54) is 36.4 Å². The number of para-hydroxylation sites is 2. The first-order chi connectivity index (χ1) is 20.1. The third kappa shape index (κ3) is 5.29. The molecule has 2 atom stereocenters. The Morgan fingerprint density at radius 3 is 1.95 bits per heavy atom. The summed E-state index contributed by atoms with van der Waals surface area (Å²) >= 11 is 12.3. The Morgan fingerprint density at radius 1 is 0.810 bits per heavy atom. The fourth-order valence-electron chi connectivity index (χ4n) is 5.22. The third-order valence-electron chi connectivity index (χ3n) is 7.13. The quantitative estimate of drug-likeness (QED) is 0.164. The number of hydrogen-bond donors (Lipinski definition) is 0. The van der Waals surface area contributed by atoms with Crippen LogP contribution in [0.15, 0.2) is 91.0 Å². The molecule has 0 fully saturated rings. The molecule has 0 bridgehead atoms. The molecule has 0 aromatic heterocycles. The maximum Gasteiger partial charge on any atom is 0.287 e. The highest BCUT2D eigenvalue weighted by atomic mass is 35.5. The van der Waals surface area contributed by atoms with Gasteiger partial charge >= 0.3 is 0 Å². The normalized spacial score (nSPS) is 15.9. The minimum Gasteiger partial charge on any atom is -0.305 e. The average molecular weight is 605 g/mol. The van der Waals surface area contributed by atoms with Crippen molar-refractivity contribution in [1.82, 2.24) is 0 Å². The number of carbonyl (C=O) groups excluding carboxylic acids is 2. The second-order valence-corrected chi connectivity index (χ2v) is 10.5. The van der Waals surface area contributed by atoms with Crippen LogP contribution in [-0.4, -0.2) is 27.7 Å². The molecular formula is C30H22Cl2N4O6. The molecule has 1 heterocycles. The second kappa shape index (κ2) is 11.6. The molecule has 4 aromatic carbocycles. The minimum absolute atomic E-state index is 0.149. The number of anilines is 2. The minimum atomic E-state index is -0.618. The monoisotopic (exact) mass is 604 g/mol. The molecule has 1 aliphatic rings. The summed E-state index contributed by atoms with van der Waals surface area (Å²) in [6, 6.07) is 22.9. The van der Waals surface area contributed by atoms with E-state index in [4.69, 9.17) is 23.2 Å². The summed E-state index contributed by atoms with van der Waals surface area (Å²) in [6.07, 6.45) is 0.338. The summed E-state index contributed by atoms with van der Waals surface area (Å²) in [4.78, 5) is 52.4. The predicted molar refractivity (Wildman–Crippen MR) is 160 cm³/mol. The Balaban J connectivity index is 1.58. The zero-order valence-corrected chi connectivity index (χ0v) is 23.5. The Labute approximate surface area is 250 Å². The molecule has 4 aromatic rings. The lowest BCUT2D eigenvalue weighted by Crippen LogP contribution is -2.47. The fraction of sp³-hybridized carbons (Fsp3) is 0.133. The standard InChI is InChI=1S/C30H22Cl2N4O6/c1-18-15-28(34(21-7-3-2-4-8-21)30(38)20-12-14-27(36(41)42)24(32)17-20)22-9-5-6-10-25(22)33(18)29(37)19-11-13-26(35(39)40)23(31)16-19/h2-14,16-18,28H,15H2,1H3/t18-,28-/m1/s1. The first kappa shape index (κ1) is 28.7. The summed E-state index contributed by atoms with van der Waals surface area (Å²) < 4.78 is 0. The first-order valence-electron chi connectivity index (χ1n) is 12.8. The van der Waals surface area contributed by atoms with Crippen LogP contribution in [0.5, 0.6) is 0 Å². The molecule has 0 radical (unpaired) electrons. The van der Waals surface area contributed by atoms with Crippen molar-refractivity contribution in [1.29, 1.82) is 0 Å². The molecule has 2 amide bonds. The number of halogens is 2. The van der Waals surface area contributed by atoms with Crippen molar-refractivity contribution in [2.45, 2.75) is 25.4 Å². The van der Waals surface area contributed by atoms with E-state index in [0.29, 0.717) is 23.4 Å². The fourth-order valence-corrected chi connectivity index (χ4v) is 5.72. The van der Waals surface area contributed by atoms with Gasteiger partial charge < -0.3 is 9.80 Å². The number of benzene rings is 4. The van der Waals surface area contributed by atoms with Crippen LogP contribution in [0.4, 0.5) is 22.7 Å². The predicted octanol–water partition coefficient (Wildman–Crippen LogP) is 7.64. The average Bonchev–Trinajstić information content (AvgIpc) is 2.97. The highest BCUT2D eigenvalue weighted by Crippen LogP contribution is 2.43. The van der Waals surface area contributed by atoms with Crippen LogP contribution in [0.25, 0.3) is 0 Å². The Bertz CT molecular complexity index is 1730. The highest BCUT2D eigenvalue weighted by Gasteiger charge is 2.39. The molecule has 0 saturated heterocycles. The van der Waals surface area contributed by atoms with Gasteiger partial charge in [0.2, 0.25) is 0 Å². The number of nitro groups is 2. The molecule has 1 aliphatic heterocycles. The van der Waals surface area contributed by atoms with Crippen molar-refractivity contribution in [3.05, 3.63) is 138 Å². The Morgan fingerprint density at radius 2 is 1.36 bits per heavy atom. The molecule has 5 rings (SSSR count). The van der Waals surface area contributed by atoms with Gasteiger partial charge in [0.15, 0.2) is 0 Å². The molecule has 10 nitrogen and oxygen atoms in total. The molecule has 0 aliphatic carbocycles. The number of nitro benzene ring substituents is 2. The maximum atomic E-state index is 14.1. The summed E-state index contributed by atoms with van der Waals surface area (Å²) in [7, 11) is 0. The van der Waals surface area contributed by atoms with Crippen LogP contribution in [0.3, 0.4) is 0 Å². The van der Waals surface area contributed by atoms with Gasteiger partial charge in [-0.1, -0.05) is 59.6 Å². The van der Waals surface area contributed by atoms with Gasteiger partial charge in [-0.15, -0.1) is 0 Å². The largest absolute Gasteiger partial charge is 0.305 e.